The Labute approximate surface area is 296 Å². The van der Waals surface area contributed by atoms with Gasteiger partial charge in [-0.25, -0.2) is 0 Å². The molecular weight excluding hydrogens is 704 g/mol. The predicted octanol–water partition coefficient (Wildman–Crippen LogP) is 8.45. The third kappa shape index (κ3) is 9.37. The van der Waals surface area contributed by atoms with Gasteiger partial charge in [-0.05, 0) is 90.5 Å². The zero-order valence-electron chi connectivity index (χ0n) is 26.4. The second-order valence-corrected chi connectivity index (χ2v) is 12.9. The first-order valence-electron chi connectivity index (χ1n) is 15.3. The van der Waals surface area contributed by atoms with Crippen LogP contribution in [-0.2, 0) is 22.7 Å². The van der Waals surface area contributed by atoms with E-state index < -0.39 is 0 Å². The molecule has 9 nitrogen and oxygen atoms in total. The lowest BCUT2D eigenvalue weighted by Gasteiger charge is -2.13. The highest BCUT2D eigenvalue weighted by Gasteiger charge is 2.34. The third-order valence-electron chi connectivity index (χ3n) is 7.19. The molecule has 0 saturated carbocycles. The number of amidine groups is 1. The fraction of sp³-hybridized carbons (Fsp3) is 0.105. The highest BCUT2D eigenvalue weighted by Crippen LogP contribution is 2.36. The van der Waals surface area contributed by atoms with Crippen LogP contribution in [0.2, 0.25) is 0 Å². The van der Waals surface area contributed by atoms with E-state index in [9.17, 15) is 9.59 Å². The number of aryl methyl sites for hydroxylation is 1. The van der Waals surface area contributed by atoms with Crippen molar-refractivity contribution in [2.45, 2.75) is 20.1 Å². The molecule has 0 atom stereocenters. The van der Waals surface area contributed by atoms with Crippen LogP contribution in [0.25, 0.3) is 6.08 Å². The van der Waals surface area contributed by atoms with E-state index in [2.05, 4.69) is 31.4 Å². The van der Waals surface area contributed by atoms with Gasteiger partial charge in [0.05, 0.1) is 23.9 Å². The van der Waals surface area contributed by atoms with Gasteiger partial charge < -0.3 is 19.2 Å². The van der Waals surface area contributed by atoms with Gasteiger partial charge in [0.2, 0.25) is 0 Å². The minimum absolute atomic E-state index is 0.175. The van der Waals surface area contributed by atoms with Crippen LogP contribution < -0.4 is 14.8 Å². The lowest BCUT2D eigenvalue weighted by Crippen LogP contribution is -2.28. The number of furan rings is 1. The van der Waals surface area contributed by atoms with E-state index in [1.807, 2.05) is 97.9 Å². The summed E-state index contributed by atoms with van der Waals surface area (Å²) in [5, 5.41) is 12.0. The monoisotopic (exact) mass is 734 g/mol. The van der Waals surface area contributed by atoms with Crippen molar-refractivity contribution in [3.8, 4) is 11.5 Å². The molecule has 0 bridgehead atoms. The van der Waals surface area contributed by atoms with Gasteiger partial charge in [-0.1, -0.05) is 76.1 Å². The van der Waals surface area contributed by atoms with Crippen LogP contribution in [0.4, 0.5) is 5.69 Å². The zero-order chi connectivity index (χ0) is 34.0. The SMILES string of the molecule is Cc1ccc(NC(=O)COc2ccc(Br)cc2/C=C2\S/C(=N\N=C\c3cccc(OCc4ccccc4)c3)N(Cc3ccco3)C2=O)cc1. The molecule has 11 heteroatoms. The summed E-state index contributed by atoms with van der Waals surface area (Å²) < 4.78 is 18.2. The molecule has 1 fully saturated rings. The fourth-order valence-corrected chi connectivity index (χ4v) is 6.04. The van der Waals surface area contributed by atoms with Crippen LogP contribution in [0.3, 0.4) is 0 Å². The molecule has 1 saturated heterocycles. The van der Waals surface area contributed by atoms with Crippen molar-refractivity contribution in [1.82, 2.24) is 4.90 Å². The van der Waals surface area contributed by atoms with Gasteiger partial charge in [0, 0.05) is 15.7 Å². The van der Waals surface area contributed by atoms with Gasteiger partial charge in [-0.15, -0.1) is 5.10 Å². The fourth-order valence-electron chi connectivity index (χ4n) is 4.73. The third-order valence-corrected chi connectivity index (χ3v) is 8.68. The Kier molecular flexibility index (Phi) is 11.0. The highest BCUT2D eigenvalue weighted by molar-refractivity contribution is 9.10. The maximum Gasteiger partial charge on any atom is 0.267 e. The molecule has 1 aromatic heterocycles. The summed E-state index contributed by atoms with van der Waals surface area (Å²) in [5.41, 5.74) is 4.25. The Morgan fingerprint density at radius 3 is 2.59 bits per heavy atom. The predicted molar refractivity (Wildman–Crippen MR) is 197 cm³/mol. The lowest BCUT2D eigenvalue weighted by molar-refractivity contribution is -0.122. The minimum Gasteiger partial charge on any atom is -0.489 e. The summed E-state index contributed by atoms with van der Waals surface area (Å²) in [6, 6.07) is 33.9. The normalized spacial score (nSPS) is 14.6. The summed E-state index contributed by atoms with van der Waals surface area (Å²) in [6.45, 7) is 2.39. The van der Waals surface area contributed by atoms with Gasteiger partial charge in [0.25, 0.3) is 11.8 Å². The van der Waals surface area contributed by atoms with Crippen LogP contribution in [-0.4, -0.2) is 34.7 Å². The number of rotatable bonds is 12. The Hall–Kier alpha value is -5.39. The van der Waals surface area contributed by atoms with Crippen LogP contribution in [0, 0.1) is 6.92 Å². The minimum atomic E-state index is -0.304. The number of nitrogens with one attached hydrogen (secondary N) is 1. The van der Waals surface area contributed by atoms with E-state index in [4.69, 9.17) is 13.9 Å². The summed E-state index contributed by atoms with van der Waals surface area (Å²) in [5.74, 6) is 1.17. The van der Waals surface area contributed by atoms with Crippen molar-refractivity contribution in [1.29, 1.82) is 0 Å². The molecule has 6 rings (SSSR count). The number of carbonyl (C=O) groups excluding carboxylic acids is 2. The lowest BCUT2D eigenvalue weighted by atomic mass is 10.2. The summed E-state index contributed by atoms with van der Waals surface area (Å²) >= 11 is 4.69. The Bertz CT molecular complexity index is 2010. The Morgan fingerprint density at radius 1 is 0.959 bits per heavy atom. The molecule has 2 amide bonds. The number of halogens is 1. The van der Waals surface area contributed by atoms with Gasteiger partial charge in [-0.2, -0.15) is 5.10 Å². The van der Waals surface area contributed by atoms with Crippen molar-refractivity contribution in [3.05, 3.63) is 153 Å². The van der Waals surface area contributed by atoms with Crippen molar-refractivity contribution in [3.63, 3.8) is 0 Å². The number of ether oxygens (including phenoxy) is 2. The second kappa shape index (κ2) is 16.1. The van der Waals surface area contributed by atoms with Crippen LogP contribution in [0.5, 0.6) is 11.5 Å². The van der Waals surface area contributed by atoms with Crippen molar-refractivity contribution in [2.75, 3.05) is 11.9 Å². The number of anilines is 1. The standard InChI is InChI=1S/C38H31BrN4O5S/c1-26-12-15-31(16-13-26)41-36(44)25-48-34-17-14-30(39)20-29(34)21-35-37(45)43(23-33-11-6-18-46-33)38(49-35)42-40-22-28-9-5-10-32(19-28)47-24-27-7-3-2-4-8-27/h2-22H,23-25H2,1H3,(H,41,44)/b35-21-,40-22+,42-38-. The van der Waals surface area contributed by atoms with E-state index in [0.717, 1.165) is 21.2 Å². The number of carbonyl (C=O) groups is 2. The molecule has 0 radical (unpaired) electrons. The molecule has 246 valence electrons. The van der Waals surface area contributed by atoms with Gasteiger partial charge in [-0.3, -0.25) is 14.5 Å². The zero-order valence-corrected chi connectivity index (χ0v) is 28.8. The second-order valence-electron chi connectivity index (χ2n) is 10.9. The van der Waals surface area contributed by atoms with E-state index in [1.54, 1.807) is 36.8 Å². The maximum absolute atomic E-state index is 13.7. The number of amides is 2. The van der Waals surface area contributed by atoms with Crippen molar-refractivity contribution >= 4 is 62.7 Å². The molecule has 49 heavy (non-hydrogen) atoms. The molecule has 5 aromatic rings. The van der Waals surface area contributed by atoms with Gasteiger partial charge >= 0.3 is 0 Å². The summed E-state index contributed by atoms with van der Waals surface area (Å²) in [4.78, 5) is 28.3. The van der Waals surface area contributed by atoms with E-state index >= 15 is 0 Å². The Balaban J connectivity index is 1.18. The first kappa shape index (κ1) is 33.5. The quantitative estimate of drug-likeness (QED) is 0.0784. The number of hydrogen-bond acceptors (Lipinski definition) is 8. The molecule has 1 aliphatic rings. The maximum atomic E-state index is 13.7. The molecule has 1 N–H and O–H groups in total. The highest BCUT2D eigenvalue weighted by atomic mass is 79.9. The first-order chi connectivity index (χ1) is 23.9. The molecular formula is C38H31BrN4O5S. The number of thioether (sulfide) groups is 1. The van der Waals surface area contributed by atoms with Gasteiger partial charge in [0.15, 0.2) is 11.8 Å². The molecule has 4 aromatic carbocycles. The van der Waals surface area contributed by atoms with Crippen molar-refractivity contribution in [2.24, 2.45) is 10.2 Å². The molecule has 0 unspecified atom stereocenters. The van der Waals surface area contributed by atoms with Crippen LogP contribution in [0.15, 0.2) is 139 Å². The average molecular weight is 736 g/mol. The summed E-state index contributed by atoms with van der Waals surface area (Å²) in [7, 11) is 0. The molecule has 2 heterocycles. The number of hydrogen-bond donors (Lipinski definition) is 1. The van der Waals surface area contributed by atoms with Crippen molar-refractivity contribution < 1.29 is 23.5 Å². The molecule has 0 aliphatic carbocycles. The van der Waals surface area contributed by atoms with Crippen LogP contribution >= 0.6 is 27.7 Å². The topological polar surface area (TPSA) is 106 Å². The first-order valence-corrected chi connectivity index (χ1v) is 16.9. The number of nitrogens with zero attached hydrogens (tertiary/aromatic N) is 3. The summed E-state index contributed by atoms with van der Waals surface area (Å²) in [6.07, 6.45) is 4.89. The van der Waals surface area contributed by atoms with Crippen LogP contribution in [0.1, 0.15) is 28.0 Å². The van der Waals surface area contributed by atoms with E-state index in [-0.39, 0.29) is 25.0 Å². The van der Waals surface area contributed by atoms with E-state index in [0.29, 0.717) is 45.2 Å². The smallest absolute Gasteiger partial charge is 0.267 e. The van der Waals surface area contributed by atoms with Gasteiger partial charge in [0.1, 0.15) is 23.9 Å². The molecule has 0 spiro atoms. The number of benzene rings is 4. The average Bonchev–Trinajstić information content (AvgIpc) is 3.73. The van der Waals surface area contributed by atoms with E-state index in [1.165, 1.54) is 16.7 Å². The largest absolute Gasteiger partial charge is 0.489 e. The molecule has 1 aliphatic heterocycles. The Morgan fingerprint density at radius 2 is 1.80 bits per heavy atom.